The van der Waals surface area contributed by atoms with E-state index in [4.69, 9.17) is 10.2 Å². The van der Waals surface area contributed by atoms with Gasteiger partial charge in [0.05, 0.1) is 0 Å². The largest absolute Gasteiger partial charge is 0.481 e. The maximum atomic E-state index is 12.0. The van der Waals surface area contributed by atoms with Crippen LogP contribution in [0, 0.1) is 5.92 Å². The standard InChI is InChI=1S/C13H22N2O5/c1-2-3-9-6-7-15(8-9)13(20)14-10(12(18)19)4-5-11(16)17/h9-10H,2-8H2,1H3,(H,14,20)(H,16,17)(H,18,19). The van der Waals surface area contributed by atoms with Crippen LogP contribution in [0.15, 0.2) is 0 Å². The van der Waals surface area contributed by atoms with Crippen molar-refractivity contribution in [3.05, 3.63) is 0 Å². The van der Waals surface area contributed by atoms with E-state index in [0.29, 0.717) is 19.0 Å². The molecule has 0 bridgehead atoms. The van der Waals surface area contributed by atoms with Gasteiger partial charge in [-0.1, -0.05) is 13.3 Å². The van der Waals surface area contributed by atoms with Crippen LogP contribution in [-0.4, -0.2) is 52.2 Å². The van der Waals surface area contributed by atoms with Gasteiger partial charge >= 0.3 is 18.0 Å². The summed E-state index contributed by atoms with van der Waals surface area (Å²) >= 11 is 0. The van der Waals surface area contributed by atoms with E-state index in [0.717, 1.165) is 19.3 Å². The van der Waals surface area contributed by atoms with Crippen molar-refractivity contribution in [3.63, 3.8) is 0 Å². The molecule has 2 atom stereocenters. The quantitative estimate of drug-likeness (QED) is 0.650. The van der Waals surface area contributed by atoms with E-state index in [1.54, 1.807) is 4.90 Å². The molecule has 0 aromatic heterocycles. The molecule has 3 N–H and O–H groups in total. The smallest absolute Gasteiger partial charge is 0.326 e. The van der Waals surface area contributed by atoms with Crippen LogP contribution >= 0.6 is 0 Å². The van der Waals surface area contributed by atoms with Gasteiger partial charge in [-0.15, -0.1) is 0 Å². The zero-order chi connectivity index (χ0) is 15.1. The first kappa shape index (κ1) is 16.3. The van der Waals surface area contributed by atoms with Crippen LogP contribution in [0.4, 0.5) is 4.79 Å². The number of carbonyl (C=O) groups is 3. The predicted octanol–water partition coefficient (Wildman–Crippen LogP) is 1.14. The monoisotopic (exact) mass is 286 g/mol. The highest BCUT2D eigenvalue weighted by Crippen LogP contribution is 2.20. The lowest BCUT2D eigenvalue weighted by molar-refractivity contribution is -0.140. The second-order valence-corrected chi connectivity index (χ2v) is 5.16. The lowest BCUT2D eigenvalue weighted by atomic mass is 10.0. The summed E-state index contributed by atoms with van der Waals surface area (Å²) in [5, 5.41) is 20.0. The Hall–Kier alpha value is -1.79. The van der Waals surface area contributed by atoms with E-state index in [1.807, 2.05) is 0 Å². The summed E-state index contributed by atoms with van der Waals surface area (Å²) in [6.07, 6.45) is 2.67. The fourth-order valence-corrected chi connectivity index (χ4v) is 2.43. The van der Waals surface area contributed by atoms with Gasteiger partial charge in [-0.2, -0.15) is 0 Å². The number of nitrogens with zero attached hydrogens (tertiary/aromatic N) is 1. The van der Waals surface area contributed by atoms with Crippen LogP contribution in [-0.2, 0) is 9.59 Å². The lowest BCUT2D eigenvalue weighted by Crippen LogP contribution is -2.47. The van der Waals surface area contributed by atoms with Crippen molar-refractivity contribution in [2.75, 3.05) is 13.1 Å². The van der Waals surface area contributed by atoms with Gasteiger partial charge in [0.15, 0.2) is 0 Å². The molecule has 1 aliphatic heterocycles. The molecule has 1 aliphatic rings. The Bertz CT molecular complexity index is 372. The van der Waals surface area contributed by atoms with E-state index in [1.165, 1.54) is 0 Å². The maximum Gasteiger partial charge on any atom is 0.326 e. The predicted molar refractivity (Wildman–Crippen MR) is 71.4 cm³/mol. The van der Waals surface area contributed by atoms with Gasteiger partial charge in [0, 0.05) is 19.5 Å². The van der Waals surface area contributed by atoms with Crippen LogP contribution in [0.1, 0.15) is 39.0 Å². The highest BCUT2D eigenvalue weighted by molar-refractivity contribution is 5.83. The van der Waals surface area contributed by atoms with Crippen molar-refractivity contribution < 1.29 is 24.6 Å². The van der Waals surface area contributed by atoms with Crippen molar-refractivity contribution >= 4 is 18.0 Å². The zero-order valence-corrected chi connectivity index (χ0v) is 11.7. The maximum absolute atomic E-state index is 12.0. The molecular formula is C13H22N2O5. The van der Waals surface area contributed by atoms with Gasteiger partial charge in [-0.25, -0.2) is 9.59 Å². The van der Waals surface area contributed by atoms with Crippen molar-refractivity contribution in [2.45, 2.75) is 45.1 Å². The minimum atomic E-state index is -1.20. The Morgan fingerprint density at radius 2 is 2.05 bits per heavy atom. The van der Waals surface area contributed by atoms with Gasteiger partial charge in [-0.05, 0) is 25.2 Å². The second kappa shape index (κ2) is 7.72. The van der Waals surface area contributed by atoms with Crippen molar-refractivity contribution in [2.24, 2.45) is 5.92 Å². The van der Waals surface area contributed by atoms with E-state index in [9.17, 15) is 14.4 Å². The number of amides is 2. The van der Waals surface area contributed by atoms with Crippen LogP contribution in [0.3, 0.4) is 0 Å². The molecule has 1 rings (SSSR count). The number of likely N-dealkylation sites (tertiary alicyclic amines) is 1. The Labute approximate surface area is 117 Å². The van der Waals surface area contributed by atoms with Crippen LogP contribution in [0.5, 0.6) is 0 Å². The number of carbonyl (C=O) groups excluding carboxylic acids is 1. The number of carboxylic acids is 2. The third kappa shape index (κ3) is 5.07. The molecule has 7 nitrogen and oxygen atoms in total. The molecule has 0 aliphatic carbocycles. The number of hydrogen-bond acceptors (Lipinski definition) is 3. The van der Waals surface area contributed by atoms with E-state index in [2.05, 4.69) is 12.2 Å². The third-order valence-electron chi connectivity index (χ3n) is 3.51. The normalized spacial score (nSPS) is 19.6. The summed E-state index contributed by atoms with van der Waals surface area (Å²) in [7, 11) is 0. The average molecular weight is 286 g/mol. The first-order valence-electron chi connectivity index (χ1n) is 6.94. The molecule has 7 heteroatoms. The minimum Gasteiger partial charge on any atom is -0.481 e. The van der Waals surface area contributed by atoms with Gasteiger partial charge in [0.1, 0.15) is 6.04 Å². The fraction of sp³-hybridized carbons (Fsp3) is 0.769. The summed E-state index contributed by atoms with van der Waals surface area (Å²) in [5.74, 6) is -1.80. The zero-order valence-electron chi connectivity index (χ0n) is 11.7. The van der Waals surface area contributed by atoms with Crippen LogP contribution < -0.4 is 5.32 Å². The molecule has 114 valence electrons. The van der Waals surface area contributed by atoms with Crippen molar-refractivity contribution in [1.29, 1.82) is 0 Å². The van der Waals surface area contributed by atoms with Crippen LogP contribution in [0.25, 0.3) is 0 Å². The SMILES string of the molecule is CCCC1CCN(C(=O)NC(CCC(=O)O)C(=O)O)C1. The topological polar surface area (TPSA) is 107 Å². The first-order valence-corrected chi connectivity index (χ1v) is 6.94. The summed E-state index contributed by atoms with van der Waals surface area (Å²) in [6.45, 7) is 3.36. The third-order valence-corrected chi connectivity index (χ3v) is 3.51. The number of aliphatic carboxylic acids is 2. The Kier molecular flexibility index (Phi) is 6.27. The van der Waals surface area contributed by atoms with Crippen molar-refractivity contribution in [3.8, 4) is 0 Å². The van der Waals surface area contributed by atoms with Gasteiger partial charge in [-0.3, -0.25) is 4.79 Å². The first-order chi connectivity index (χ1) is 9.43. The number of hydrogen-bond donors (Lipinski definition) is 3. The van der Waals surface area contributed by atoms with E-state index in [-0.39, 0.29) is 12.8 Å². The molecule has 0 radical (unpaired) electrons. The van der Waals surface area contributed by atoms with Crippen molar-refractivity contribution in [1.82, 2.24) is 10.2 Å². The molecule has 2 unspecified atom stereocenters. The summed E-state index contributed by atoms with van der Waals surface area (Å²) in [6, 6.07) is -1.56. The molecule has 0 spiro atoms. The average Bonchev–Trinajstić information content (AvgIpc) is 2.82. The second-order valence-electron chi connectivity index (χ2n) is 5.16. The highest BCUT2D eigenvalue weighted by atomic mass is 16.4. The van der Waals surface area contributed by atoms with Gasteiger partial charge in [0.2, 0.25) is 0 Å². The number of rotatable bonds is 7. The molecule has 0 aromatic carbocycles. The molecule has 1 fully saturated rings. The molecule has 1 saturated heterocycles. The Balaban J connectivity index is 2.46. The van der Waals surface area contributed by atoms with Gasteiger partial charge in [0.25, 0.3) is 0 Å². The highest BCUT2D eigenvalue weighted by Gasteiger charge is 2.28. The van der Waals surface area contributed by atoms with Crippen LogP contribution in [0.2, 0.25) is 0 Å². The molecule has 2 amide bonds. The summed E-state index contributed by atoms with van der Waals surface area (Å²) in [4.78, 5) is 35.0. The minimum absolute atomic E-state index is 0.108. The van der Waals surface area contributed by atoms with Gasteiger partial charge < -0.3 is 20.4 Å². The molecular weight excluding hydrogens is 264 g/mol. The van der Waals surface area contributed by atoms with E-state index < -0.39 is 24.0 Å². The molecule has 20 heavy (non-hydrogen) atoms. The lowest BCUT2D eigenvalue weighted by Gasteiger charge is -2.20. The summed E-state index contributed by atoms with van der Waals surface area (Å²) < 4.78 is 0. The Morgan fingerprint density at radius 1 is 1.35 bits per heavy atom. The number of carboxylic acid groups (broad SMARTS) is 2. The molecule has 0 saturated carbocycles. The van der Waals surface area contributed by atoms with E-state index >= 15 is 0 Å². The number of nitrogens with one attached hydrogen (secondary N) is 1. The summed E-state index contributed by atoms with van der Waals surface area (Å²) in [5.41, 5.74) is 0. The molecule has 0 aromatic rings. The Morgan fingerprint density at radius 3 is 2.60 bits per heavy atom. The number of urea groups is 1. The molecule has 1 heterocycles. The fourth-order valence-electron chi connectivity index (χ4n) is 2.43.